The van der Waals surface area contributed by atoms with Crippen molar-refractivity contribution in [2.24, 2.45) is 0 Å². The lowest BCUT2D eigenvalue weighted by Gasteiger charge is -2.09. The Bertz CT molecular complexity index is 539. The normalized spacial score (nSPS) is 10.7. The lowest BCUT2D eigenvalue weighted by atomic mass is 10.2. The average molecular weight is 277 g/mol. The molecule has 0 saturated carbocycles. The summed E-state index contributed by atoms with van der Waals surface area (Å²) in [6.45, 7) is 5.58. The van der Waals surface area contributed by atoms with Crippen molar-refractivity contribution in [1.29, 1.82) is 0 Å². The number of thiophene rings is 1. The zero-order valence-electron chi connectivity index (χ0n) is 11.6. The second-order valence-electron chi connectivity index (χ2n) is 4.30. The van der Waals surface area contributed by atoms with Gasteiger partial charge < -0.3 is 10.1 Å². The third-order valence-electron chi connectivity index (χ3n) is 2.74. The van der Waals surface area contributed by atoms with Gasteiger partial charge in [0.25, 0.3) is 0 Å². The fourth-order valence-corrected chi connectivity index (χ4v) is 2.53. The first kappa shape index (κ1) is 14.0. The van der Waals surface area contributed by atoms with E-state index in [1.54, 1.807) is 18.4 Å². The van der Waals surface area contributed by atoms with Gasteiger partial charge in [0.15, 0.2) is 5.82 Å². The predicted octanol–water partition coefficient (Wildman–Crippen LogP) is 3.48. The minimum atomic E-state index is 0.428. The molecular weight excluding hydrogens is 258 g/mol. The van der Waals surface area contributed by atoms with Crippen LogP contribution in [0.2, 0.25) is 0 Å². The van der Waals surface area contributed by atoms with Gasteiger partial charge in [0.2, 0.25) is 0 Å². The van der Waals surface area contributed by atoms with Gasteiger partial charge in [-0.25, -0.2) is 9.97 Å². The maximum atomic E-state index is 5.14. The van der Waals surface area contributed by atoms with Gasteiger partial charge in [0.05, 0.1) is 5.69 Å². The van der Waals surface area contributed by atoms with Gasteiger partial charge in [-0.1, -0.05) is 6.92 Å². The van der Waals surface area contributed by atoms with Crippen molar-refractivity contribution in [3.05, 3.63) is 28.2 Å². The van der Waals surface area contributed by atoms with Crippen molar-refractivity contribution in [2.75, 3.05) is 19.0 Å². The Morgan fingerprint density at radius 2 is 2.21 bits per heavy atom. The van der Waals surface area contributed by atoms with Crippen LogP contribution in [-0.4, -0.2) is 23.6 Å². The van der Waals surface area contributed by atoms with E-state index in [-0.39, 0.29) is 0 Å². The maximum Gasteiger partial charge on any atom is 0.157 e. The highest BCUT2D eigenvalue weighted by molar-refractivity contribution is 7.10. The van der Waals surface area contributed by atoms with E-state index in [1.165, 1.54) is 10.4 Å². The van der Waals surface area contributed by atoms with Crippen molar-refractivity contribution in [3.8, 4) is 11.3 Å². The van der Waals surface area contributed by atoms with E-state index in [4.69, 9.17) is 4.74 Å². The molecule has 4 nitrogen and oxygen atoms in total. The molecule has 2 aromatic heterocycles. The minimum absolute atomic E-state index is 0.428. The first-order chi connectivity index (χ1) is 9.24. The average Bonchev–Trinajstić information content (AvgIpc) is 2.83. The number of nitrogens with one attached hydrogen (secondary N) is 1. The first-order valence-electron chi connectivity index (χ1n) is 6.39. The number of nitrogens with zero attached hydrogens (tertiary/aromatic N) is 2. The molecule has 0 aliphatic carbocycles. The van der Waals surface area contributed by atoms with E-state index in [0.29, 0.717) is 12.4 Å². The van der Waals surface area contributed by atoms with Gasteiger partial charge in [-0.05, 0) is 24.8 Å². The van der Waals surface area contributed by atoms with Gasteiger partial charge in [-0.15, -0.1) is 11.3 Å². The molecule has 0 aliphatic rings. The van der Waals surface area contributed by atoms with E-state index in [1.807, 2.05) is 6.07 Å². The van der Waals surface area contributed by atoms with Gasteiger partial charge >= 0.3 is 0 Å². The van der Waals surface area contributed by atoms with Crippen molar-refractivity contribution >= 4 is 17.2 Å². The summed E-state index contributed by atoms with van der Waals surface area (Å²) in [7, 11) is 1.66. The van der Waals surface area contributed by atoms with Gasteiger partial charge in [0.1, 0.15) is 12.4 Å². The number of anilines is 1. The molecule has 0 amide bonds. The van der Waals surface area contributed by atoms with E-state index < -0.39 is 0 Å². The highest BCUT2D eigenvalue weighted by Gasteiger charge is 2.09. The molecule has 0 aliphatic heterocycles. The smallest absolute Gasteiger partial charge is 0.157 e. The van der Waals surface area contributed by atoms with Crippen LogP contribution in [0.1, 0.15) is 24.0 Å². The quantitative estimate of drug-likeness (QED) is 0.878. The Balaban J connectivity index is 2.36. The highest BCUT2D eigenvalue weighted by Crippen LogP contribution is 2.27. The summed E-state index contributed by atoms with van der Waals surface area (Å²) in [5.41, 5.74) is 2.13. The van der Waals surface area contributed by atoms with Gasteiger partial charge in [-0.3, -0.25) is 0 Å². The Morgan fingerprint density at radius 1 is 1.37 bits per heavy atom. The van der Waals surface area contributed by atoms with Crippen molar-refractivity contribution in [2.45, 2.75) is 26.9 Å². The van der Waals surface area contributed by atoms with Crippen LogP contribution in [0.5, 0.6) is 0 Å². The standard InChI is InChI=1S/C14H19N3OS/c1-4-6-15-13-8-12(11-5-7-19-10(11)2)16-14(17-13)9-18-3/h5,7-8H,4,6,9H2,1-3H3,(H,15,16,17). The van der Waals surface area contributed by atoms with Crippen LogP contribution in [0.15, 0.2) is 17.5 Å². The molecule has 2 heterocycles. The number of aryl methyl sites for hydroxylation is 1. The zero-order chi connectivity index (χ0) is 13.7. The summed E-state index contributed by atoms with van der Waals surface area (Å²) in [5, 5.41) is 5.40. The van der Waals surface area contributed by atoms with Crippen LogP contribution in [0, 0.1) is 6.92 Å². The number of aromatic nitrogens is 2. The number of hydrogen-bond acceptors (Lipinski definition) is 5. The highest BCUT2D eigenvalue weighted by atomic mass is 32.1. The third kappa shape index (κ3) is 3.52. The number of methoxy groups -OCH3 is 1. The molecular formula is C14H19N3OS. The number of rotatable bonds is 6. The molecule has 0 saturated heterocycles. The largest absolute Gasteiger partial charge is 0.377 e. The fraction of sp³-hybridized carbons (Fsp3) is 0.429. The molecule has 102 valence electrons. The fourth-order valence-electron chi connectivity index (χ4n) is 1.82. The first-order valence-corrected chi connectivity index (χ1v) is 7.27. The van der Waals surface area contributed by atoms with E-state index in [0.717, 1.165) is 24.5 Å². The number of hydrogen-bond donors (Lipinski definition) is 1. The Hall–Kier alpha value is -1.46. The summed E-state index contributed by atoms with van der Waals surface area (Å²) in [6.07, 6.45) is 1.07. The van der Waals surface area contributed by atoms with Crippen molar-refractivity contribution < 1.29 is 4.74 Å². The molecule has 0 spiro atoms. The summed E-state index contributed by atoms with van der Waals surface area (Å²) in [4.78, 5) is 10.3. The number of ether oxygens (including phenoxy) is 1. The van der Waals surface area contributed by atoms with Crippen LogP contribution in [-0.2, 0) is 11.3 Å². The molecule has 0 aromatic carbocycles. The Labute approximate surface area is 117 Å². The Kier molecular flexibility index (Phi) is 4.87. The van der Waals surface area contributed by atoms with Crippen LogP contribution in [0.25, 0.3) is 11.3 Å². The maximum absolute atomic E-state index is 5.14. The third-order valence-corrected chi connectivity index (χ3v) is 3.58. The Morgan fingerprint density at radius 3 is 2.84 bits per heavy atom. The van der Waals surface area contributed by atoms with Gasteiger partial charge in [0, 0.05) is 30.2 Å². The van der Waals surface area contributed by atoms with E-state index in [2.05, 4.69) is 40.6 Å². The molecule has 0 radical (unpaired) electrons. The molecule has 19 heavy (non-hydrogen) atoms. The van der Waals surface area contributed by atoms with Crippen LogP contribution in [0.3, 0.4) is 0 Å². The summed E-state index contributed by atoms with van der Waals surface area (Å²) in [5.74, 6) is 1.58. The van der Waals surface area contributed by atoms with Crippen molar-refractivity contribution in [3.63, 3.8) is 0 Å². The van der Waals surface area contributed by atoms with E-state index in [9.17, 15) is 0 Å². The summed E-state index contributed by atoms with van der Waals surface area (Å²) in [6, 6.07) is 4.10. The van der Waals surface area contributed by atoms with Crippen molar-refractivity contribution in [1.82, 2.24) is 9.97 Å². The molecule has 0 bridgehead atoms. The van der Waals surface area contributed by atoms with Crippen LogP contribution >= 0.6 is 11.3 Å². The second kappa shape index (κ2) is 6.63. The molecule has 2 aromatic rings. The monoisotopic (exact) mass is 277 g/mol. The van der Waals surface area contributed by atoms with Crippen LogP contribution in [0.4, 0.5) is 5.82 Å². The molecule has 1 N–H and O–H groups in total. The predicted molar refractivity (Wildman–Crippen MR) is 79.6 cm³/mol. The zero-order valence-corrected chi connectivity index (χ0v) is 12.4. The molecule has 2 rings (SSSR count). The lowest BCUT2D eigenvalue weighted by molar-refractivity contribution is 0.178. The van der Waals surface area contributed by atoms with E-state index >= 15 is 0 Å². The topological polar surface area (TPSA) is 47.0 Å². The molecule has 0 unspecified atom stereocenters. The van der Waals surface area contributed by atoms with Crippen LogP contribution < -0.4 is 5.32 Å². The second-order valence-corrected chi connectivity index (χ2v) is 5.43. The molecule has 0 fully saturated rings. The van der Waals surface area contributed by atoms with Gasteiger partial charge in [-0.2, -0.15) is 0 Å². The summed E-state index contributed by atoms with van der Waals surface area (Å²) >= 11 is 1.73. The summed E-state index contributed by atoms with van der Waals surface area (Å²) < 4.78 is 5.14. The molecule has 0 atom stereocenters. The lowest BCUT2D eigenvalue weighted by Crippen LogP contribution is -2.06. The minimum Gasteiger partial charge on any atom is -0.377 e. The molecule has 5 heteroatoms. The SMILES string of the molecule is CCCNc1cc(-c2ccsc2C)nc(COC)n1.